The number of hydrogen-bond donors (Lipinski definition) is 2. The van der Waals surface area contributed by atoms with E-state index in [0.29, 0.717) is 18.8 Å². The third-order valence-electron chi connectivity index (χ3n) is 1.88. The maximum Gasteiger partial charge on any atom is 0.270 e. The summed E-state index contributed by atoms with van der Waals surface area (Å²) < 4.78 is 0.827. The molecule has 5 heteroatoms. The Kier molecular flexibility index (Phi) is 4.58. The molecule has 1 aromatic heterocycles. The Balaban J connectivity index is 2.75. The Bertz CT molecular complexity index is 349. The maximum atomic E-state index is 11.9. The van der Waals surface area contributed by atoms with Gasteiger partial charge in [-0.15, -0.1) is 6.58 Å². The molecule has 0 fully saturated rings. The number of aliphatic hydroxyl groups is 1. The van der Waals surface area contributed by atoms with Gasteiger partial charge in [0.15, 0.2) is 0 Å². The topological polar surface area (TPSA) is 56.3 Å². The number of nitrogens with one attached hydrogen (secondary N) is 1. The van der Waals surface area contributed by atoms with E-state index in [1.165, 1.54) is 4.90 Å². The van der Waals surface area contributed by atoms with Gasteiger partial charge in [-0.2, -0.15) is 0 Å². The first-order valence-electron chi connectivity index (χ1n) is 4.54. The number of aromatic nitrogens is 1. The van der Waals surface area contributed by atoms with Gasteiger partial charge in [-0.25, -0.2) is 0 Å². The lowest BCUT2D eigenvalue weighted by Gasteiger charge is -2.18. The number of carbonyl (C=O) groups is 1. The molecule has 1 rings (SSSR count). The van der Waals surface area contributed by atoms with E-state index in [1.54, 1.807) is 18.3 Å². The third kappa shape index (κ3) is 3.21. The van der Waals surface area contributed by atoms with Crippen LogP contribution in [-0.2, 0) is 0 Å². The number of rotatable bonds is 5. The van der Waals surface area contributed by atoms with E-state index in [9.17, 15) is 4.79 Å². The van der Waals surface area contributed by atoms with Crippen molar-refractivity contribution >= 4 is 21.8 Å². The molecule has 0 atom stereocenters. The minimum Gasteiger partial charge on any atom is -0.395 e. The molecule has 0 aromatic carbocycles. The molecule has 0 bridgehead atoms. The van der Waals surface area contributed by atoms with Crippen LogP contribution in [0.3, 0.4) is 0 Å². The van der Waals surface area contributed by atoms with Gasteiger partial charge in [0.05, 0.1) is 6.61 Å². The summed E-state index contributed by atoms with van der Waals surface area (Å²) in [5.74, 6) is -0.144. The number of aromatic amines is 1. The first-order chi connectivity index (χ1) is 7.19. The molecule has 0 saturated heterocycles. The minimum absolute atomic E-state index is 0.0541. The van der Waals surface area contributed by atoms with E-state index in [-0.39, 0.29) is 12.5 Å². The highest BCUT2D eigenvalue weighted by Gasteiger charge is 2.15. The van der Waals surface area contributed by atoms with Crippen LogP contribution in [0.15, 0.2) is 29.4 Å². The Labute approximate surface area is 96.7 Å². The van der Waals surface area contributed by atoms with Crippen molar-refractivity contribution in [3.05, 3.63) is 35.1 Å². The number of nitrogens with zero attached hydrogens (tertiary/aromatic N) is 1. The van der Waals surface area contributed by atoms with Crippen LogP contribution in [0.25, 0.3) is 0 Å². The van der Waals surface area contributed by atoms with E-state index in [0.717, 1.165) is 4.47 Å². The van der Waals surface area contributed by atoms with Crippen molar-refractivity contribution < 1.29 is 9.90 Å². The highest BCUT2D eigenvalue weighted by atomic mass is 79.9. The molecule has 15 heavy (non-hydrogen) atoms. The molecule has 1 amide bonds. The predicted octanol–water partition coefficient (Wildman–Crippen LogP) is 1.40. The largest absolute Gasteiger partial charge is 0.395 e. The van der Waals surface area contributed by atoms with E-state index >= 15 is 0 Å². The Morgan fingerprint density at radius 2 is 2.47 bits per heavy atom. The lowest BCUT2D eigenvalue weighted by Crippen LogP contribution is -2.33. The van der Waals surface area contributed by atoms with E-state index in [4.69, 9.17) is 5.11 Å². The molecule has 1 heterocycles. The highest BCUT2D eigenvalue weighted by molar-refractivity contribution is 9.10. The zero-order valence-corrected chi connectivity index (χ0v) is 9.83. The van der Waals surface area contributed by atoms with E-state index in [1.807, 2.05) is 0 Å². The zero-order chi connectivity index (χ0) is 11.3. The molecule has 0 radical (unpaired) electrons. The first kappa shape index (κ1) is 12.0. The van der Waals surface area contributed by atoms with Crippen molar-refractivity contribution in [1.82, 2.24) is 9.88 Å². The van der Waals surface area contributed by atoms with E-state index in [2.05, 4.69) is 27.5 Å². The second-order valence-corrected chi connectivity index (χ2v) is 3.91. The van der Waals surface area contributed by atoms with Gasteiger partial charge in [-0.05, 0) is 22.0 Å². The minimum atomic E-state index is -0.144. The van der Waals surface area contributed by atoms with E-state index < -0.39 is 0 Å². The number of amides is 1. The quantitative estimate of drug-likeness (QED) is 0.797. The average Bonchev–Trinajstić information content (AvgIpc) is 2.63. The Morgan fingerprint density at radius 3 is 2.93 bits per heavy atom. The molecule has 0 saturated carbocycles. The Morgan fingerprint density at radius 1 is 1.73 bits per heavy atom. The molecule has 1 aromatic rings. The summed E-state index contributed by atoms with van der Waals surface area (Å²) in [6, 6.07) is 1.70. The lowest BCUT2D eigenvalue weighted by atomic mass is 10.3. The van der Waals surface area contributed by atoms with Gasteiger partial charge >= 0.3 is 0 Å². The van der Waals surface area contributed by atoms with Crippen molar-refractivity contribution in [1.29, 1.82) is 0 Å². The molecular formula is C10H13BrN2O2. The second kappa shape index (κ2) is 5.72. The van der Waals surface area contributed by atoms with Crippen LogP contribution in [0.4, 0.5) is 0 Å². The predicted molar refractivity (Wildman–Crippen MR) is 61.7 cm³/mol. The van der Waals surface area contributed by atoms with Crippen molar-refractivity contribution in [3.8, 4) is 0 Å². The SMILES string of the molecule is C=CCN(CCO)C(=O)c1cc(Br)c[nH]1. The fourth-order valence-corrected chi connectivity index (χ4v) is 1.56. The number of H-pyrrole nitrogens is 1. The summed E-state index contributed by atoms with van der Waals surface area (Å²) in [6.45, 7) is 4.25. The molecule has 82 valence electrons. The standard InChI is InChI=1S/C10H13BrN2O2/c1-2-3-13(4-5-14)10(15)9-6-8(11)7-12-9/h2,6-7,12,14H,1,3-5H2. The maximum absolute atomic E-state index is 11.9. The molecule has 0 spiro atoms. The van der Waals surface area contributed by atoms with Crippen LogP contribution < -0.4 is 0 Å². The molecular weight excluding hydrogens is 260 g/mol. The van der Waals surface area contributed by atoms with Gasteiger partial charge in [0.2, 0.25) is 0 Å². The van der Waals surface area contributed by atoms with Gasteiger partial charge in [0.25, 0.3) is 5.91 Å². The normalized spacial score (nSPS) is 10.0. The van der Waals surface area contributed by atoms with Crippen LogP contribution in [-0.4, -0.2) is 40.6 Å². The molecule has 2 N–H and O–H groups in total. The summed E-state index contributed by atoms with van der Waals surface area (Å²) in [5, 5.41) is 8.82. The fourth-order valence-electron chi connectivity index (χ4n) is 1.21. The van der Waals surface area contributed by atoms with Crippen molar-refractivity contribution in [2.75, 3.05) is 19.7 Å². The smallest absolute Gasteiger partial charge is 0.270 e. The summed E-state index contributed by atoms with van der Waals surface area (Å²) >= 11 is 3.26. The summed E-state index contributed by atoms with van der Waals surface area (Å²) in [7, 11) is 0. The molecule has 0 aliphatic rings. The Hall–Kier alpha value is -1.07. The molecule has 4 nitrogen and oxygen atoms in total. The van der Waals surface area contributed by atoms with Gasteiger partial charge in [-0.1, -0.05) is 6.08 Å². The molecule has 0 unspecified atom stereocenters. The number of aliphatic hydroxyl groups excluding tert-OH is 1. The van der Waals surface area contributed by atoms with Crippen LogP contribution in [0.2, 0.25) is 0 Å². The second-order valence-electron chi connectivity index (χ2n) is 3.00. The first-order valence-corrected chi connectivity index (χ1v) is 5.33. The van der Waals surface area contributed by atoms with Crippen LogP contribution >= 0.6 is 15.9 Å². The molecule has 0 aliphatic carbocycles. The number of halogens is 1. The highest BCUT2D eigenvalue weighted by Crippen LogP contribution is 2.12. The van der Waals surface area contributed by atoms with Crippen LogP contribution in [0, 0.1) is 0 Å². The van der Waals surface area contributed by atoms with Crippen molar-refractivity contribution in [2.24, 2.45) is 0 Å². The number of hydrogen-bond acceptors (Lipinski definition) is 2. The van der Waals surface area contributed by atoms with Gasteiger partial charge < -0.3 is 15.0 Å². The van der Waals surface area contributed by atoms with Crippen LogP contribution in [0.5, 0.6) is 0 Å². The summed E-state index contributed by atoms with van der Waals surface area (Å²) in [6.07, 6.45) is 3.32. The average molecular weight is 273 g/mol. The van der Waals surface area contributed by atoms with Crippen LogP contribution in [0.1, 0.15) is 10.5 Å². The van der Waals surface area contributed by atoms with Crippen molar-refractivity contribution in [3.63, 3.8) is 0 Å². The van der Waals surface area contributed by atoms with Gasteiger partial charge in [0.1, 0.15) is 5.69 Å². The van der Waals surface area contributed by atoms with Crippen molar-refractivity contribution in [2.45, 2.75) is 0 Å². The summed E-state index contributed by atoms with van der Waals surface area (Å²) in [4.78, 5) is 16.2. The monoisotopic (exact) mass is 272 g/mol. The zero-order valence-electron chi connectivity index (χ0n) is 8.24. The van der Waals surface area contributed by atoms with Gasteiger partial charge in [-0.3, -0.25) is 4.79 Å². The number of carbonyl (C=O) groups excluding carboxylic acids is 1. The third-order valence-corrected chi connectivity index (χ3v) is 2.34. The fraction of sp³-hybridized carbons (Fsp3) is 0.300. The molecule has 0 aliphatic heterocycles. The lowest BCUT2D eigenvalue weighted by molar-refractivity contribution is 0.0737. The van der Waals surface area contributed by atoms with Gasteiger partial charge in [0, 0.05) is 23.8 Å². The summed E-state index contributed by atoms with van der Waals surface area (Å²) in [5.41, 5.74) is 0.497.